The highest BCUT2D eigenvalue weighted by molar-refractivity contribution is 5.78. The second kappa shape index (κ2) is 7.87. The molecule has 1 aliphatic carbocycles. The molecule has 0 radical (unpaired) electrons. The summed E-state index contributed by atoms with van der Waals surface area (Å²) in [4.78, 5) is 17.0. The highest BCUT2D eigenvalue weighted by Crippen LogP contribution is 2.39. The van der Waals surface area contributed by atoms with E-state index in [2.05, 4.69) is 10.1 Å². The van der Waals surface area contributed by atoms with Crippen molar-refractivity contribution in [1.29, 1.82) is 0 Å². The maximum atomic E-state index is 12.5. The molecule has 25 heavy (non-hydrogen) atoms. The van der Waals surface area contributed by atoms with E-state index in [1.807, 2.05) is 11.0 Å². The predicted octanol–water partition coefficient (Wildman–Crippen LogP) is 2.06. The van der Waals surface area contributed by atoms with Crippen LogP contribution in [0.1, 0.15) is 49.5 Å². The van der Waals surface area contributed by atoms with Crippen molar-refractivity contribution in [2.45, 2.75) is 44.4 Å². The number of hydrogen-bond acceptors (Lipinski definition) is 5. The molecule has 138 valence electrons. The van der Waals surface area contributed by atoms with Crippen LogP contribution < -0.4 is 0 Å². The Balaban J connectivity index is 1.17. The van der Waals surface area contributed by atoms with Gasteiger partial charge < -0.3 is 14.2 Å². The summed E-state index contributed by atoms with van der Waals surface area (Å²) in [5, 5.41) is 4.10. The van der Waals surface area contributed by atoms with E-state index in [4.69, 9.17) is 9.26 Å². The number of carbonyl (C=O) groups excluding carboxylic acids is 1. The predicted molar refractivity (Wildman–Crippen MR) is 93.4 cm³/mol. The average Bonchev–Trinajstić information content (AvgIpc) is 3.41. The van der Waals surface area contributed by atoms with Gasteiger partial charge in [-0.05, 0) is 44.6 Å². The van der Waals surface area contributed by atoms with Gasteiger partial charge in [-0.25, -0.2) is 0 Å². The van der Waals surface area contributed by atoms with E-state index in [-0.39, 0.29) is 5.91 Å². The first kappa shape index (κ1) is 17.0. The Hall–Kier alpha value is -1.40. The van der Waals surface area contributed by atoms with Gasteiger partial charge in [0.1, 0.15) is 5.76 Å². The fraction of sp³-hybridized carbons (Fsp3) is 0.789. The molecule has 0 bridgehead atoms. The number of amides is 1. The Morgan fingerprint density at radius 2 is 1.88 bits per heavy atom. The number of piperidine rings is 1. The Morgan fingerprint density at radius 3 is 2.60 bits per heavy atom. The van der Waals surface area contributed by atoms with Crippen LogP contribution in [-0.4, -0.2) is 66.8 Å². The summed E-state index contributed by atoms with van der Waals surface area (Å²) < 4.78 is 10.7. The molecule has 0 atom stereocenters. The molecule has 0 unspecified atom stereocenters. The van der Waals surface area contributed by atoms with Crippen LogP contribution in [0.2, 0.25) is 0 Å². The van der Waals surface area contributed by atoms with Crippen LogP contribution in [0.4, 0.5) is 0 Å². The topological polar surface area (TPSA) is 58.8 Å². The molecular formula is C19H29N3O3. The minimum Gasteiger partial charge on any atom is -0.379 e. The second-order valence-electron chi connectivity index (χ2n) is 7.74. The van der Waals surface area contributed by atoms with E-state index in [1.54, 1.807) is 0 Å². The SMILES string of the molecule is O=C(Cc1cc(C2CC2)no1)N1CCC(CCN2CCOCC2)CC1. The summed E-state index contributed by atoms with van der Waals surface area (Å²) >= 11 is 0. The van der Waals surface area contributed by atoms with E-state index < -0.39 is 0 Å². The first-order chi connectivity index (χ1) is 12.3. The van der Waals surface area contributed by atoms with Crippen molar-refractivity contribution in [1.82, 2.24) is 15.0 Å². The lowest BCUT2D eigenvalue weighted by Gasteiger charge is -2.34. The van der Waals surface area contributed by atoms with Crippen LogP contribution in [0.25, 0.3) is 0 Å². The van der Waals surface area contributed by atoms with Crippen LogP contribution >= 0.6 is 0 Å². The van der Waals surface area contributed by atoms with Crippen molar-refractivity contribution >= 4 is 5.91 Å². The summed E-state index contributed by atoms with van der Waals surface area (Å²) in [7, 11) is 0. The number of morpholine rings is 1. The third-order valence-corrected chi connectivity index (χ3v) is 5.82. The van der Waals surface area contributed by atoms with Crippen LogP contribution in [0, 0.1) is 5.92 Å². The van der Waals surface area contributed by atoms with Crippen LogP contribution in [0.5, 0.6) is 0 Å². The zero-order valence-corrected chi connectivity index (χ0v) is 15.0. The molecule has 4 rings (SSSR count). The Kier molecular flexibility index (Phi) is 5.36. The molecule has 0 spiro atoms. The summed E-state index contributed by atoms with van der Waals surface area (Å²) in [5.41, 5.74) is 1.03. The highest BCUT2D eigenvalue weighted by atomic mass is 16.5. The molecule has 1 aromatic rings. The van der Waals surface area contributed by atoms with E-state index in [0.717, 1.165) is 69.6 Å². The normalized spacial score (nSPS) is 23.1. The molecule has 2 aliphatic heterocycles. The minimum atomic E-state index is 0.185. The van der Waals surface area contributed by atoms with Gasteiger partial charge in [-0.3, -0.25) is 9.69 Å². The number of aromatic nitrogens is 1. The van der Waals surface area contributed by atoms with E-state index >= 15 is 0 Å². The number of nitrogens with zero attached hydrogens (tertiary/aromatic N) is 3. The van der Waals surface area contributed by atoms with Gasteiger partial charge in [0.15, 0.2) is 0 Å². The fourth-order valence-corrected chi connectivity index (χ4v) is 3.91. The van der Waals surface area contributed by atoms with E-state index in [9.17, 15) is 4.79 Å². The third-order valence-electron chi connectivity index (χ3n) is 5.82. The second-order valence-corrected chi connectivity index (χ2v) is 7.74. The molecular weight excluding hydrogens is 318 g/mol. The van der Waals surface area contributed by atoms with Crippen molar-refractivity contribution in [2.24, 2.45) is 5.92 Å². The maximum absolute atomic E-state index is 12.5. The standard InChI is InChI=1S/C19H29N3O3/c23-19(14-17-13-18(20-25-17)16-1-2-16)22-7-4-15(5-8-22)3-6-21-9-11-24-12-10-21/h13,15-16H,1-12,14H2. The summed E-state index contributed by atoms with van der Waals surface area (Å²) in [6.07, 6.45) is 6.27. The third kappa shape index (κ3) is 4.61. The largest absolute Gasteiger partial charge is 0.379 e. The minimum absolute atomic E-state index is 0.185. The molecule has 2 saturated heterocycles. The van der Waals surface area contributed by atoms with E-state index in [1.165, 1.54) is 25.8 Å². The zero-order chi connectivity index (χ0) is 17.1. The molecule has 6 nitrogen and oxygen atoms in total. The quantitative estimate of drug-likeness (QED) is 0.788. The first-order valence-corrected chi connectivity index (χ1v) is 9.81. The van der Waals surface area contributed by atoms with Crippen LogP contribution in [0.15, 0.2) is 10.6 Å². The maximum Gasteiger partial charge on any atom is 0.230 e. The van der Waals surface area contributed by atoms with Gasteiger partial charge in [-0.1, -0.05) is 5.16 Å². The Labute approximate surface area is 149 Å². The zero-order valence-electron chi connectivity index (χ0n) is 15.0. The summed E-state index contributed by atoms with van der Waals surface area (Å²) in [6.45, 7) is 6.82. The van der Waals surface area contributed by atoms with Crippen molar-refractivity contribution in [3.05, 3.63) is 17.5 Å². The molecule has 0 aromatic carbocycles. The summed E-state index contributed by atoms with van der Waals surface area (Å²) in [6, 6.07) is 1.98. The van der Waals surface area contributed by atoms with Crippen molar-refractivity contribution < 1.29 is 14.1 Å². The molecule has 0 N–H and O–H groups in total. The first-order valence-electron chi connectivity index (χ1n) is 9.81. The molecule has 3 aliphatic rings. The number of likely N-dealkylation sites (tertiary alicyclic amines) is 1. The molecule has 1 saturated carbocycles. The van der Waals surface area contributed by atoms with Crippen LogP contribution in [0.3, 0.4) is 0 Å². The van der Waals surface area contributed by atoms with Gasteiger partial charge in [-0.2, -0.15) is 0 Å². The molecule has 3 heterocycles. The van der Waals surface area contributed by atoms with Gasteiger partial charge >= 0.3 is 0 Å². The monoisotopic (exact) mass is 347 g/mol. The van der Waals surface area contributed by atoms with Crippen molar-refractivity contribution in [3.8, 4) is 0 Å². The average molecular weight is 347 g/mol. The highest BCUT2D eigenvalue weighted by Gasteiger charge is 2.28. The Bertz CT molecular complexity index is 570. The lowest BCUT2D eigenvalue weighted by atomic mass is 9.93. The van der Waals surface area contributed by atoms with E-state index in [0.29, 0.717) is 12.3 Å². The van der Waals surface area contributed by atoms with Crippen molar-refractivity contribution in [2.75, 3.05) is 45.9 Å². The smallest absolute Gasteiger partial charge is 0.230 e. The lowest BCUT2D eigenvalue weighted by Crippen LogP contribution is -2.41. The van der Waals surface area contributed by atoms with Gasteiger partial charge in [0, 0.05) is 38.2 Å². The Morgan fingerprint density at radius 1 is 1.12 bits per heavy atom. The van der Waals surface area contributed by atoms with Gasteiger partial charge in [0.25, 0.3) is 0 Å². The van der Waals surface area contributed by atoms with Crippen molar-refractivity contribution in [3.63, 3.8) is 0 Å². The fourth-order valence-electron chi connectivity index (χ4n) is 3.91. The molecule has 6 heteroatoms. The van der Waals surface area contributed by atoms with Gasteiger partial charge in [0.2, 0.25) is 5.91 Å². The number of rotatable bonds is 6. The number of hydrogen-bond donors (Lipinski definition) is 0. The lowest BCUT2D eigenvalue weighted by molar-refractivity contribution is -0.132. The van der Waals surface area contributed by atoms with Gasteiger partial charge in [-0.15, -0.1) is 0 Å². The summed E-state index contributed by atoms with van der Waals surface area (Å²) in [5.74, 6) is 2.24. The number of ether oxygens (including phenoxy) is 1. The molecule has 1 aromatic heterocycles. The van der Waals surface area contributed by atoms with Crippen LogP contribution in [-0.2, 0) is 16.0 Å². The molecule has 3 fully saturated rings. The number of carbonyl (C=O) groups is 1. The molecule has 1 amide bonds. The van der Waals surface area contributed by atoms with Gasteiger partial charge in [0.05, 0.1) is 25.3 Å².